The molecule has 1 atom stereocenters. The topological polar surface area (TPSA) is 72.6 Å². The van der Waals surface area contributed by atoms with Crippen LogP contribution in [-0.4, -0.2) is 56.2 Å². The number of fused-ring (bicyclic) bond motifs is 1. The highest BCUT2D eigenvalue weighted by molar-refractivity contribution is 5.91. The van der Waals surface area contributed by atoms with Crippen molar-refractivity contribution in [1.82, 2.24) is 24.5 Å². The summed E-state index contributed by atoms with van der Waals surface area (Å²) in [6, 6.07) is 2.27. The van der Waals surface area contributed by atoms with Crippen LogP contribution < -0.4 is 0 Å². The lowest BCUT2D eigenvalue weighted by Gasteiger charge is -2.23. The normalized spacial score (nSPS) is 21.0. The summed E-state index contributed by atoms with van der Waals surface area (Å²) < 4.78 is 7.08. The van der Waals surface area contributed by atoms with Crippen molar-refractivity contribution >= 4 is 11.7 Å². The minimum absolute atomic E-state index is 0.0815. The number of aryl methyl sites for hydroxylation is 2. The highest BCUT2D eigenvalue weighted by Gasteiger charge is 2.36. The van der Waals surface area contributed by atoms with Gasteiger partial charge in [0.25, 0.3) is 11.7 Å². The molecule has 7 heteroatoms. The maximum absolute atomic E-state index is 12.9. The molecule has 1 saturated heterocycles. The van der Waals surface area contributed by atoms with E-state index in [1.165, 1.54) is 0 Å². The molecule has 7 nitrogen and oxygen atoms in total. The third kappa shape index (κ3) is 2.81. The molecule has 1 amide bonds. The number of amides is 1. The Kier molecular flexibility index (Phi) is 3.52. The molecule has 0 radical (unpaired) electrons. The van der Waals surface area contributed by atoms with Gasteiger partial charge in [-0.15, -0.1) is 5.10 Å². The van der Waals surface area contributed by atoms with Gasteiger partial charge in [-0.3, -0.25) is 4.79 Å². The minimum Gasteiger partial charge on any atom is -0.381 e. The Morgan fingerprint density at radius 1 is 1.35 bits per heavy atom. The van der Waals surface area contributed by atoms with Crippen LogP contribution in [0.4, 0.5) is 0 Å². The van der Waals surface area contributed by atoms with E-state index in [1.54, 1.807) is 4.52 Å². The van der Waals surface area contributed by atoms with Crippen molar-refractivity contribution in [2.24, 2.45) is 5.92 Å². The SMILES string of the molecule is Cc1cc(C)n2nc(C(=O)N(C[C@H]3CCOC3)C3CC3)nc2n1. The van der Waals surface area contributed by atoms with Crippen molar-refractivity contribution in [2.45, 2.75) is 39.2 Å². The average molecular weight is 315 g/mol. The van der Waals surface area contributed by atoms with Crippen LogP contribution in [0.1, 0.15) is 41.3 Å². The first kappa shape index (κ1) is 14.6. The summed E-state index contributed by atoms with van der Waals surface area (Å²) in [6.07, 6.45) is 3.17. The molecule has 3 heterocycles. The van der Waals surface area contributed by atoms with Crippen molar-refractivity contribution in [2.75, 3.05) is 19.8 Å². The first-order valence-electron chi connectivity index (χ1n) is 8.21. The van der Waals surface area contributed by atoms with Gasteiger partial charge in [0, 0.05) is 36.5 Å². The fourth-order valence-electron chi connectivity index (χ4n) is 3.17. The molecule has 1 saturated carbocycles. The fraction of sp³-hybridized carbons (Fsp3) is 0.625. The molecule has 0 bridgehead atoms. The van der Waals surface area contributed by atoms with Crippen LogP contribution in [0.3, 0.4) is 0 Å². The Morgan fingerprint density at radius 2 is 2.17 bits per heavy atom. The van der Waals surface area contributed by atoms with Crippen LogP contribution in [0.2, 0.25) is 0 Å². The predicted octanol–water partition coefficient (Wildman–Crippen LogP) is 1.38. The van der Waals surface area contributed by atoms with Crippen molar-refractivity contribution in [3.05, 3.63) is 23.3 Å². The smallest absolute Gasteiger partial charge is 0.293 e. The number of aromatic nitrogens is 4. The van der Waals surface area contributed by atoms with Crippen molar-refractivity contribution < 1.29 is 9.53 Å². The van der Waals surface area contributed by atoms with E-state index in [-0.39, 0.29) is 11.7 Å². The molecule has 0 spiro atoms. The molecule has 4 rings (SSSR count). The summed E-state index contributed by atoms with van der Waals surface area (Å²) in [5.41, 5.74) is 1.81. The molecule has 2 aromatic rings. The largest absolute Gasteiger partial charge is 0.381 e. The van der Waals surface area contributed by atoms with Crippen LogP contribution in [0, 0.1) is 19.8 Å². The van der Waals surface area contributed by atoms with E-state index in [4.69, 9.17) is 4.74 Å². The Bertz CT molecular complexity index is 746. The van der Waals surface area contributed by atoms with Gasteiger partial charge in [-0.2, -0.15) is 4.98 Å². The quantitative estimate of drug-likeness (QED) is 0.852. The van der Waals surface area contributed by atoms with Crippen LogP contribution in [0.15, 0.2) is 6.07 Å². The Morgan fingerprint density at radius 3 is 2.87 bits per heavy atom. The van der Waals surface area contributed by atoms with Gasteiger partial charge in [0.1, 0.15) is 0 Å². The molecule has 2 fully saturated rings. The third-order valence-corrected chi connectivity index (χ3v) is 4.54. The fourth-order valence-corrected chi connectivity index (χ4v) is 3.17. The standard InChI is InChI=1S/C16H21N5O2/c1-10-7-11(2)21-16(17-10)18-14(19-21)15(22)20(13-3-4-13)8-12-5-6-23-9-12/h7,12-13H,3-6,8-9H2,1-2H3/t12-/m1/s1. The van der Waals surface area contributed by atoms with E-state index in [2.05, 4.69) is 15.1 Å². The maximum atomic E-state index is 12.9. The molecule has 23 heavy (non-hydrogen) atoms. The minimum atomic E-state index is -0.0815. The van der Waals surface area contributed by atoms with E-state index in [9.17, 15) is 4.79 Å². The lowest BCUT2D eigenvalue weighted by Crippen LogP contribution is -2.38. The van der Waals surface area contributed by atoms with Gasteiger partial charge in [0.05, 0.1) is 6.61 Å². The van der Waals surface area contributed by atoms with Gasteiger partial charge in [-0.1, -0.05) is 0 Å². The van der Waals surface area contributed by atoms with E-state index >= 15 is 0 Å². The second-order valence-electron chi connectivity index (χ2n) is 6.60. The second-order valence-corrected chi connectivity index (χ2v) is 6.60. The first-order valence-corrected chi connectivity index (χ1v) is 8.21. The lowest BCUT2D eigenvalue weighted by atomic mass is 10.1. The summed E-state index contributed by atoms with van der Waals surface area (Å²) in [7, 11) is 0. The maximum Gasteiger partial charge on any atom is 0.293 e. The van der Waals surface area contributed by atoms with Gasteiger partial charge >= 0.3 is 0 Å². The molecule has 122 valence electrons. The molecule has 0 N–H and O–H groups in total. The number of hydrogen-bond acceptors (Lipinski definition) is 5. The van der Waals surface area contributed by atoms with Gasteiger partial charge in [-0.25, -0.2) is 9.50 Å². The Balaban J connectivity index is 1.62. The molecule has 1 aliphatic carbocycles. The lowest BCUT2D eigenvalue weighted by molar-refractivity contribution is 0.0694. The molecular formula is C16H21N5O2. The average Bonchev–Trinajstić information content (AvgIpc) is 3.05. The highest BCUT2D eigenvalue weighted by Crippen LogP contribution is 2.30. The third-order valence-electron chi connectivity index (χ3n) is 4.54. The number of nitrogens with zero attached hydrogens (tertiary/aromatic N) is 5. The summed E-state index contributed by atoms with van der Waals surface area (Å²) >= 11 is 0. The van der Waals surface area contributed by atoms with Gasteiger partial charge in [-0.05, 0) is 39.2 Å². The number of carbonyl (C=O) groups is 1. The van der Waals surface area contributed by atoms with Crippen LogP contribution in [0.25, 0.3) is 5.78 Å². The van der Waals surface area contributed by atoms with Crippen LogP contribution in [0.5, 0.6) is 0 Å². The molecule has 2 aliphatic rings. The van der Waals surface area contributed by atoms with E-state index in [0.717, 1.165) is 50.4 Å². The van der Waals surface area contributed by atoms with Crippen LogP contribution in [-0.2, 0) is 4.74 Å². The van der Waals surface area contributed by atoms with Crippen molar-refractivity contribution in [3.8, 4) is 0 Å². The number of carbonyl (C=O) groups excluding carboxylic acids is 1. The molecule has 2 aromatic heterocycles. The number of hydrogen-bond donors (Lipinski definition) is 0. The Hall–Kier alpha value is -2.02. The highest BCUT2D eigenvalue weighted by atomic mass is 16.5. The van der Waals surface area contributed by atoms with Gasteiger partial charge in [0.2, 0.25) is 5.82 Å². The summed E-state index contributed by atoms with van der Waals surface area (Å²) in [4.78, 5) is 23.6. The van der Waals surface area contributed by atoms with Gasteiger partial charge < -0.3 is 9.64 Å². The molecule has 0 aromatic carbocycles. The van der Waals surface area contributed by atoms with E-state index in [1.807, 2.05) is 24.8 Å². The first-order chi connectivity index (χ1) is 11.1. The second kappa shape index (κ2) is 5.56. The molecular weight excluding hydrogens is 294 g/mol. The molecule has 1 aliphatic heterocycles. The Labute approximate surface area is 134 Å². The zero-order valence-electron chi connectivity index (χ0n) is 13.5. The molecule has 0 unspecified atom stereocenters. The number of ether oxygens (including phenoxy) is 1. The van der Waals surface area contributed by atoms with Crippen molar-refractivity contribution in [1.29, 1.82) is 0 Å². The van der Waals surface area contributed by atoms with Crippen LogP contribution >= 0.6 is 0 Å². The number of rotatable bonds is 4. The summed E-state index contributed by atoms with van der Waals surface area (Å²) in [5, 5.41) is 4.38. The zero-order chi connectivity index (χ0) is 16.0. The van der Waals surface area contributed by atoms with Crippen molar-refractivity contribution in [3.63, 3.8) is 0 Å². The summed E-state index contributed by atoms with van der Waals surface area (Å²) in [6.45, 7) is 6.14. The predicted molar refractivity (Wildman–Crippen MR) is 83.2 cm³/mol. The summed E-state index contributed by atoms with van der Waals surface area (Å²) in [5.74, 6) is 1.09. The van der Waals surface area contributed by atoms with E-state index in [0.29, 0.717) is 17.7 Å². The van der Waals surface area contributed by atoms with Gasteiger partial charge in [0.15, 0.2) is 0 Å². The monoisotopic (exact) mass is 315 g/mol. The zero-order valence-corrected chi connectivity index (χ0v) is 13.5. The van der Waals surface area contributed by atoms with E-state index < -0.39 is 0 Å².